The molecule has 106 valence electrons. The Morgan fingerprint density at radius 3 is 2.57 bits per heavy atom. The number of hydrogen-bond acceptors (Lipinski definition) is 4. The molecule has 2 aromatic carbocycles. The summed E-state index contributed by atoms with van der Waals surface area (Å²) in [7, 11) is 1.57. The first-order valence-electron chi connectivity index (χ1n) is 6.34. The number of carbonyl (C=O) groups is 1. The summed E-state index contributed by atoms with van der Waals surface area (Å²) in [5.74, 6) is 0.186. The van der Waals surface area contributed by atoms with Crippen LogP contribution in [0.2, 0.25) is 0 Å². The molecule has 0 spiro atoms. The van der Waals surface area contributed by atoms with E-state index in [0.717, 1.165) is 5.69 Å². The molecule has 1 amide bonds. The van der Waals surface area contributed by atoms with E-state index in [1.165, 1.54) is 0 Å². The Balaban J connectivity index is 2.26. The van der Waals surface area contributed by atoms with Crippen LogP contribution >= 0.6 is 0 Å². The predicted molar refractivity (Wildman–Crippen MR) is 79.7 cm³/mol. The molecule has 3 N–H and O–H groups in total. The van der Waals surface area contributed by atoms with Gasteiger partial charge in [0.2, 0.25) is 5.91 Å². The number of nitriles is 1. The van der Waals surface area contributed by atoms with Gasteiger partial charge in [0.15, 0.2) is 0 Å². The van der Waals surface area contributed by atoms with Gasteiger partial charge in [-0.15, -0.1) is 0 Å². The van der Waals surface area contributed by atoms with Crippen molar-refractivity contribution in [3.63, 3.8) is 0 Å². The van der Waals surface area contributed by atoms with E-state index in [1.54, 1.807) is 37.4 Å². The minimum Gasteiger partial charge on any atom is -0.497 e. The number of nitrogens with two attached hydrogens (primary N) is 1. The van der Waals surface area contributed by atoms with Crippen molar-refractivity contribution in [2.75, 3.05) is 12.4 Å². The number of nitrogens with one attached hydrogen (secondary N) is 1. The number of methoxy groups -OCH3 is 1. The number of anilines is 1. The Bertz CT molecular complexity index is 675. The summed E-state index contributed by atoms with van der Waals surface area (Å²) in [5.41, 5.74) is 7.41. The molecule has 0 aliphatic heterocycles. The first-order valence-corrected chi connectivity index (χ1v) is 6.34. The standard InChI is InChI=1S/C16H15N3O2/c1-21-14-4-2-3-13(9-14)19-15(16(18)20)12-7-5-11(10-17)6-8-12/h2-9,15,19H,1H3,(H2,18,20). The molecule has 0 aliphatic rings. The van der Waals surface area contributed by atoms with Crippen LogP contribution in [0.5, 0.6) is 5.75 Å². The highest BCUT2D eigenvalue weighted by atomic mass is 16.5. The summed E-state index contributed by atoms with van der Waals surface area (Å²) in [6, 6.07) is 15.3. The number of ether oxygens (including phenoxy) is 1. The molecule has 0 aromatic heterocycles. The molecule has 0 saturated carbocycles. The average Bonchev–Trinajstić information content (AvgIpc) is 2.52. The van der Waals surface area contributed by atoms with Crippen molar-refractivity contribution in [1.82, 2.24) is 0 Å². The van der Waals surface area contributed by atoms with Gasteiger partial charge >= 0.3 is 0 Å². The van der Waals surface area contributed by atoms with Gasteiger partial charge in [0, 0.05) is 11.8 Å². The highest BCUT2D eigenvalue weighted by Crippen LogP contribution is 2.23. The van der Waals surface area contributed by atoms with Crippen LogP contribution in [0.4, 0.5) is 5.69 Å². The Kier molecular flexibility index (Phi) is 4.42. The van der Waals surface area contributed by atoms with Crippen LogP contribution < -0.4 is 15.8 Å². The smallest absolute Gasteiger partial charge is 0.244 e. The molecular weight excluding hydrogens is 266 g/mol. The largest absolute Gasteiger partial charge is 0.497 e. The monoisotopic (exact) mass is 281 g/mol. The zero-order valence-corrected chi connectivity index (χ0v) is 11.5. The van der Waals surface area contributed by atoms with E-state index in [2.05, 4.69) is 5.32 Å². The summed E-state index contributed by atoms with van der Waals surface area (Å²) in [4.78, 5) is 11.7. The second-order valence-corrected chi connectivity index (χ2v) is 4.45. The predicted octanol–water partition coefficient (Wildman–Crippen LogP) is 2.21. The lowest BCUT2D eigenvalue weighted by Crippen LogP contribution is -2.27. The van der Waals surface area contributed by atoms with Gasteiger partial charge in [-0.25, -0.2) is 0 Å². The molecule has 2 aromatic rings. The molecule has 0 heterocycles. The van der Waals surface area contributed by atoms with Crippen LogP contribution in [-0.2, 0) is 4.79 Å². The third kappa shape index (κ3) is 3.51. The fourth-order valence-corrected chi connectivity index (χ4v) is 1.95. The number of primary amides is 1. The Labute approximate surface area is 123 Å². The zero-order valence-electron chi connectivity index (χ0n) is 11.5. The van der Waals surface area contributed by atoms with Crippen molar-refractivity contribution in [3.8, 4) is 11.8 Å². The molecule has 21 heavy (non-hydrogen) atoms. The van der Waals surface area contributed by atoms with Gasteiger partial charge in [-0.1, -0.05) is 18.2 Å². The van der Waals surface area contributed by atoms with Crippen LogP contribution in [0.1, 0.15) is 17.2 Å². The number of carbonyl (C=O) groups excluding carboxylic acids is 1. The number of rotatable bonds is 5. The number of hydrogen-bond donors (Lipinski definition) is 2. The van der Waals surface area contributed by atoms with Crippen molar-refractivity contribution < 1.29 is 9.53 Å². The summed E-state index contributed by atoms with van der Waals surface area (Å²) in [6.45, 7) is 0. The minimum absolute atomic E-state index is 0.498. The third-order valence-electron chi connectivity index (χ3n) is 3.04. The fourth-order valence-electron chi connectivity index (χ4n) is 1.95. The minimum atomic E-state index is -0.676. The molecule has 0 aliphatic carbocycles. The first-order chi connectivity index (χ1) is 10.1. The van der Waals surface area contributed by atoms with Gasteiger partial charge in [-0.05, 0) is 29.8 Å². The van der Waals surface area contributed by atoms with E-state index in [4.69, 9.17) is 15.7 Å². The number of benzene rings is 2. The lowest BCUT2D eigenvalue weighted by molar-refractivity contribution is -0.118. The summed E-state index contributed by atoms with van der Waals surface area (Å²) >= 11 is 0. The van der Waals surface area contributed by atoms with E-state index in [0.29, 0.717) is 16.9 Å². The normalized spacial score (nSPS) is 11.2. The second kappa shape index (κ2) is 6.44. The second-order valence-electron chi connectivity index (χ2n) is 4.45. The fraction of sp³-hybridized carbons (Fsp3) is 0.125. The first kappa shape index (κ1) is 14.4. The van der Waals surface area contributed by atoms with Gasteiger partial charge in [0.05, 0.1) is 18.7 Å². The highest BCUT2D eigenvalue weighted by molar-refractivity contribution is 5.84. The quantitative estimate of drug-likeness (QED) is 0.879. The Hall–Kier alpha value is -3.00. The molecule has 0 radical (unpaired) electrons. The van der Waals surface area contributed by atoms with Crippen molar-refractivity contribution >= 4 is 11.6 Å². The maximum atomic E-state index is 11.7. The Morgan fingerprint density at radius 2 is 2.00 bits per heavy atom. The maximum Gasteiger partial charge on any atom is 0.244 e. The van der Waals surface area contributed by atoms with Crippen molar-refractivity contribution in [2.24, 2.45) is 5.73 Å². The molecule has 5 heteroatoms. The number of nitrogens with zero attached hydrogens (tertiary/aromatic N) is 1. The van der Waals surface area contributed by atoms with Crippen LogP contribution in [0.3, 0.4) is 0 Å². The maximum absolute atomic E-state index is 11.7. The lowest BCUT2D eigenvalue weighted by Gasteiger charge is -2.17. The average molecular weight is 281 g/mol. The molecule has 0 fully saturated rings. The molecular formula is C16H15N3O2. The summed E-state index contributed by atoms with van der Waals surface area (Å²) in [6.07, 6.45) is 0. The SMILES string of the molecule is COc1cccc(NC(C(N)=O)c2ccc(C#N)cc2)c1. The lowest BCUT2D eigenvalue weighted by atomic mass is 10.0. The van der Waals surface area contributed by atoms with Gasteiger partial charge in [0.1, 0.15) is 11.8 Å². The van der Waals surface area contributed by atoms with Crippen LogP contribution in [0, 0.1) is 11.3 Å². The summed E-state index contributed by atoms with van der Waals surface area (Å²) in [5, 5.41) is 11.9. The van der Waals surface area contributed by atoms with Crippen molar-refractivity contribution in [3.05, 3.63) is 59.7 Å². The third-order valence-corrected chi connectivity index (χ3v) is 3.04. The molecule has 2 rings (SSSR count). The van der Waals surface area contributed by atoms with Crippen molar-refractivity contribution in [1.29, 1.82) is 5.26 Å². The van der Waals surface area contributed by atoms with E-state index < -0.39 is 11.9 Å². The highest BCUT2D eigenvalue weighted by Gasteiger charge is 2.17. The van der Waals surface area contributed by atoms with Gasteiger partial charge < -0.3 is 15.8 Å². The van der Waals surface area contributed by atoms with E-state index in [1.807, 2.05) is 24.3 Å². The van der Waals surface area contributed by atoms with Crippen LogP contribution in [0.25, 0.3) is 0 Å². The van der Waals surface area contributed by atoms with Gasteiger partial charge in [-0.2, -0.15) is 5.26 Å². The zero-order chi connectivity index (χ0) is 15.2. The van der Waals surface area contributed by atoms with Crippen molar-refractivity contribution in [2.45, 2.75) is 6.04 Å². The topological polar surface area (TPSA) is 88.1 Å². The molecule has 5 nitrogen and oxygen atoms in total. The molecule has 1 unspecified atom stereocenters. The van der Waals surface area contributed by atoms with E-state index in [9.17, 15) is 4.79 Å². The van der Waals surface area contributed by atoms with E-state index >= 15 is 0 Å². The molecule has 0 saturated heterocycles. The van der Waals surface area contributed by atoms with Crippen LogP contribution in [-0.4, -0.2) is 13.0 Å². The van der Waals surface area contributed by atoms with Crippen LogP contribution in [0.15, 0.2) is 48.5 Å². The van der Waals surface area contributed by atoms with E-state index in [-0.39, 0.29) is 0 Å². The van der Waals surface area contributed by atoms with Gasteiger partial charge in [-0.3, -0.25) is 4.79 Å². The van der Waals surface area contributed by atoms with Gasteiger partial charge in [0.25, 0.3) is 0 Å². The number of amides is 1. The Morgan fingerprint density at radius 1 is 1.29 bits per heavy atom. The molecule has 0 bridgehead atoms. The molecule has 1 atom stereocenters. The summed E-state index contributed by atoms with van der Waals surface area (Å²) < 4.78 is 5.14.